The molecule has 0 saturated carbocycles. The smallest absolute Gasteiger partial charge is 0.261 e. The Balaban J connectivity index is 0.000000280. The van der Waals surface area contributed by atoms with Gasteiger partial charge in [0.2, 0.25) is 0 Å². The van der Waals surface area contributed by atoms with Gasteiger partial charge in [0, 0.05) is 18.8 Å². The van der Waals surface area contributed by atoms with Gasteiger partial charge in [0.15, 0.2) is 5.78 Å². The molecule has 6 heteroatoms. The predicted molar refractivity (Wildman–Crippen MR) is 68.5 cm³/mol. The van der Waals surface area contributed by atoms with Gasteiger partial charge >= 0.3 is 0 Å². The van der Waals surface area contributed by atoms with Gasteiger partial charge in [-0.1, -0.05) is 0 Å². The fourth-order valence-electron chi connectivity index (χ4n) is 1.59. The van der Waals surface area contributed by atoms with Crippen molar-refractivity contribution >= 4 is 21.5 Å². The zero-order chi connectivity index (χ0) is 13.6. The first-order chi connectivity index (χ1) is 8.36. The molecule has 2 rings (SSSR count). The lowest BCUT2D eigenvalue weighted by Gasteiger charge is -2.11. The van der Waals surface area contributed by atoms with Crippen LogP contribution in [0.2, 0.25) is 0 Å². The Bertz CT molecular complexity index is 526. The van der Waals surface area contributed by atoms with E-state index in [4.69, 9.17) is 4.55 Å². The van der Waals surface area contributed by atoms with Gasteiger partial charge in [-0.25, -0.2) is 0 Å². The molecule has 18 heavy (non-hydrogen) atoms. The molecule has 1 N–H and O–H groups in total. The van der Waals surface area contributed by atoms with Crippen LogP contribution in [0.4, 0.5) is 0 Å². The fourth-order valence-corrected chi connectivity index (χ4v) is 1.59. The molecule has 1 aromatic rings. The van der Waals surface area contributed by atoms with Crippen LogP contribution in [0.25, 0.3) is 5.57 Å². The highest BCUT2D eigenvalue weighted by atomic mass is 32.2. The first kappa shape index (κ1) is 14.5. The molecule has 98 valence electrons. The number of hydrogen-bond donors (Lipinski definition) is 1. The Morgan fingerprint density at radius 2 is 1.78 bits per heavy atom. The van der Waals surface area contributed by atoms with Gasteiger partial charge in [-0.3, -0.25) is 14.3 Å². The number of hydrogen-bond acceptors (Lipinski definition) is 4. The van der Waals surface area contributed by atoms with Crippen LogP contribution in [0.5, 0.6) is 0 Å². The van der Waals surface area contributed by atoms with E-state index in [0.717, 1.165) is 24.0 Å². The number of allylic oxidation sites excluding steroid dienone is 2. The normalized spacial score (nSPS) is 15.4. The maximum Gasteiger partial charge on any atom is 0.261 e. The van der Waals surface area contributed by atoms with Gasteiger partial charge in [-0.2, -0.15) is 8.42 Å². The monoisotopic (exact) mass is 269 g/mol. The zero-order valence-electron chi connectivity index (χ0n) is 10.0. The minimum absolute atomic E-state index is 0.248. The lowest BCUT2D eigenvalue weighted by molar-refractivity contribution is -0.114. The second-order valence-corrected chi connectivity index (χ2v) is 5.42. The SMILES string of the molecule is CS(=O)(=O)O.O=C1C=C(c2ccncc2)CCC1. The molecule has 0 radical (unpaired) electrons. The molecule has 0 aliphatic heterocycles. The average Bonchev–Trinajstić information content (AvgIpc) is 2.28. The van der Waals surface area contributed by atoms with Crippen LogP contribution in [0.3, 0.4) is 0 Å². The van der Waals surface area contributed by atoms with Gasteiger partial charge in [-0.05, 0) is 42.2 Å². The van der Waals surface area contributed by atoms with Gasteiger partial charge < -0.3 is 0 Å². The van der Waals surface area contributed by atoms with E-state index in [9.17, 15) is 13.2 Å². The van der Waals surface area contributed by atoms with E-state index in [1.807, 2.05) is 12.1 Å². The highest BCUT2D eigenvalue weighted by Gasteiger charge is 2.10. The molecule has 1 aliphatic rings. The Hall–Kier alpha value is -1.53. The first-order valence-electron chi connectivity index (χ1n) is 5.42. The molecule has 1 heterocycles. The summed E-state index contributed by atoms with van der Waals surface area (Å²) >= 11 is 0. The highest BCUT2D eigenvalue weighted by molar-refractivity contribution is 7.85. The molecule has 0 unspecified atom stereocenters. The number of aromatic nitrogens is 1. The number of nitrogens with zero attached hydrogens (tertiary/aromatic N) is 1. The third kappa shape index (κ3) is 6.27. The summed E-state index contributed by atoms with van der Waals surface area (Å²) in [4.78, 5) is 15.1. The summed E-state index contributed by atoms with van der Waals surface area (Å²) in [6.45, 7) is 0. The molecule has 0 amide bonds. The van der Waals surface area contributed by atoms with Crippen molar-refractivity contribution in [2.45, 2.75) is 19.3 Å². The van der Waals surface area contributed by atoms with E-state index in [1.165, 1.54) is 0 Å². The third-order valence-electron chi connectivity index (χ3n) is 2.26. The van der Waals surface area contributed by atoms with Gasteiger partial charge in [-0.15, -0.1) is 0 Å². The molecule has 0 aromatic carbocycles. The lowest BCUT2D eigenvalue weighted by atomic mass is 9.94. The van der Waals surface area contributed by atoms with E-state index in [2.05, 4.69) is 4.98 Å². The zero-order valence-corrected chi connectivity index (χ0v) is 10.9. The number of rotatable bonds is 1. The van der Waals surface area contributed by atoms with E-state index in [0.29, 0.717) is 12.7 Å². The molecular formula is C12H15NO4S. The molecule has 0 spiro atoms. The van der Waals surface area contributed by atoms with Crippen molar-refractivity contribution in [3.05, 3.63) is 36.2 Å². The van der Waals surface area contributed by atoms with Crippen molar-refractivity contribution in [1.82, 2.24) is 4.98 Å². The van der Waals surface area contributed by atoms with Crippen LogP contribution in [-0.4, -0.2) is 30.0 Å². The molecule has 0 fully saturated rings. The van der Waals surface area contributed by atoms with Crippen molar-refractivity contribution < 1.29 is 17.8 Å². The van der Waals surface area contributed by atoms with E-state index in [-0.39, 0.29) is 5.78 Å². The van der Waals surface area contributed by atoms with Crippen molar-refractivity contribution in [3.63, 3.8) is 0 Å². The number of carbonyl (C=O) groups is 1. The average molecular weight is 269 g/mol. The lowest BCUT2D eigenvalue weighted by Crippen LogP contribution is -2.01. The number of carbonyl (C=O) groups excluding carboxylic acids is 1. The Morgan fingerprint density at radius 3 is 2.28 bits per heavy atom. The highest BCUT2D eigenvalue weighted by Crippen LogP contribution is 2.24. The maximum absolute atomic E-state index is 11.2. The van der Waals surface area contributed by atoms with Crippen LogP contribution in [0, 0.1) is 0 Å². The van der Waals surface area contributed by atoms with E-state index in [1.54, 1.807) is 18.5 Å². The molecule has 0 atom stereocenters. The minimum atomic E-state index is -3.67. The standard InChI is InChI=1S/C11H11NO.CH4O3S/c13-11-3-1-2-10(8-11)9-4-6-12-7-5-9;1-5(2,3)4/h4-8H,1-3H2;1H3,(H,2,3,4). The largest absolute Gasteiger partial charge is 0.295 e. The summed E-state index contributed by atoms with van der Waals surface area (Å²) < 4.78 is 25.9. The molecule has 0 bridgehead atoms. The van der Waals surface area contributed by atoms with Crippen molar-refractivity contribution in [1.29, 1.82) is 0 Å². The minimum Gasteiger partial charge on any atom is -0.295 e. The summed E-state index contributed by atoms with van der Waals surface area (Å²) in [6, 6.07) is 3.90. The topological polar surface area (TPSA) is 84.3 Å². The summed E-state index contributed by atoms with van der Waals surface area (Å²) in [5.74, 6) is 0.248. The maximum atomic E-state index is 11.2. The Morgan fingerprint density at radius 1 is 1.22 bits per heavy atom. The summed E-state index contributed by atoms with van der Waals surface area (Å²) in [7, 11) is -3.67. The Kier molecular flexibility index (Phi) is 5.18. The van der Waals surface area contributed by atoms with Crippen LogP contribution in [-0.2, 0) is 14.9 Å². The van der Waals surface area contributed by atoms with Crippen molar-refractivity contribution in [2.75, 3.05) is 6.26 Å². The van der Waals surface area contributed by atoms with Gasteiger partial charge in [0.1, 0.15) is 0 Å². The molecular weight excluding hydrogens is 254 g/mol. The van der Waals surface area contributed by atoms with Gasteiger partial charge in [0.05, 0.1) is 6.26 Å². The fraction of sp³-hybridized carbons (Fsp3) is 0.333. The molecule has 0 saturated heterocycles. The predicted octanol–water partition coefficient (Wildman–Crippen LogP) is 1.72. The van der Waals surface area contributed by atoms with Crippen molar-refractivity contribution in [2.24, 2.45) is 0 Å². The number of pyridine rings is 1. The van der Waals surface area contributed by atoms with E-state index >= 15 is 0 Å². The van der Waals surface area contributed by atoms with Crippen LogP contribution in [0.15, 0.2) is 30.6 Å². The quantitative estimate of drug-likeness (QED) is 0.785. The van der Waals surface area contributed by atoms with E-state index < -0.39 is 10.1 Å². The Labute approximate surface area is 106 Å². The van der Waals surface area contributed by atoms with Crippen LogP contribution < -0.4 is 0 Å². The van der Waals surface area contributed by atoms with Crippen LogP contribution in [0.1, 0.15) is 24.8 Å². The number of ketones is 1. The summed E-state index contributed by atoms with van der Waals surface area (Å²) in [5, 5.41) is 0. The third-order valence-corrected chi connectivity index (χ3v) is 2.26. The molecule has 1 aliphatic carbocycles. The second kappa shape index (κ2) is 6.42. The summed E-state index contributed by atoms with van der Waals surface area (Å²) in [6.07, 6.45) is 8.69. The van der Waals surface area contributed by atoms with Gasteiger partial charge in [0.25, 0.3) is 10.1 Å². The molecule has 5 nitrogen and oxygen atoms in total. The summed E-state index contributed by atoms with van der Waals surface area (Å²) in [5.41, 5.74) is 2.28. The second-order valence-electron chi connectivity index (χ2n) is 3.96. The molecule has 1 aromatic heterocycles. The van der Waals surface area contributed by atoms with Crippen molar-refractivity contribution in [3.8, 4) is 0 Å². The van der Waals surface area contributed by atoms with Crippen LogP contribution >= 0.6 is 0 Å². The first-order valence-corrected chi connectivity index (χ1v) is 7.27.